The number of hydrogen-bond donors (Lipinski definition) is 0. The highest BCUT2D eigenvalue weighted by Gasteiger charge is 2.20. The van der Waals surface area contributed by atoms with Gasteiger partial charge in [0.05, 0.1) is 6.20 Å². The Balaban J connectivity index is 1.56. The molecule has 3 aromatic rings. The lowest BCUT2D eigenvalue weighted by Gasteiger charge is -2.24. The van der Waals surface area contributed by atoms with Gasteiger partial charge in [-0.2, -0.15) is 5.10 Å². The van der Waals surface area contributed by atoms with E-state index in [9.17, 15) is 4.79 Å². The number of ether oxygens (including phenoxy) is 2. The van der Waals surface area contributed by atoms with Gasteiger partial charge in [-0.15, -0.1) is 0 Å². The van der Waals surface area contributed by atoms with Crippen LogP contribution in [0.15, 0.2) is 59.5 Å². The van der Waals surface area contributed by atoms with Crippen LogP contribution in [0.1, 0.15) is 42.2 Å². The van der Waals surface area contributed by atoms with E-state index in [1.54, 1.807) is 6.20 Å². The van der Waals surface area contributed by atoms with Gasteiger partial charge in [0.2, 0.25) is 0 Å². The first-order valence-corrected chi connectivity index (χ1v) is 10.1. The molecule has 2 aromatic carbocycles. The molecular weight excluding hydrogens is 364 g/mol. The maximum Gasteiger partial charge on any atom is 0.272 e. The fourth-order valence-electron chi connectivity index (χ4n) is 3.72. The summed E-state index contributed by atoms with van der Waals surface area (Å²) in [6.45, 7) is 5.10. The molecule has 29 heavy (non-hydrogen) atoms. The summed E-state index contributed by atoms with van der Waals surface area (Å²) in [4.78, 5) is 12.9. The van der Waals surface area contributed by atoms with E-state index >= 15 is 0 Å². The van der Waals surface area contributed by atoms with Crippen LogP contribution in [0.3, 0.4) is 0 Å². The number of benzene rings is 2. The van der Waals surface area contributed by atoms with E-state index < -0.39 is 0 Å². The smallest absolute Gasteiger partial charge is 0.272 e. The Morgan fingerprint density at radius 1 is 1.10 bits per heavy atom. The lowest BCUT2D eigenvalue weighted by atomic mass is 9.99. The van der Waals surface area contributed by atoms with E-state index in [0.717, 1.165) is 47.3 Å². The minimum absolute atomic E-state index is 0.0850. The second-order valence-corrected chi connectivity index (χ2v) is 7.51. The maximum atomic E-state index is 12.9. The van der Waals surface area contributed by atoms with Crippen LogP contribution in [-0.2, 0) is 11.3 Å². The topological polar surface area (TPSA) is 53.4 Å². The summed E-state index contributed by atoms with van der Waals surface area (Å²) in [5.41, 5.74) is 4.63. The summed E-state index contributed by atoms with van der Waals surface area (Å²) < 4.78 is 13.1. The third kappa shape index (κ3) is 4.25. The normalized spacial score (nSPS) is 16.6. The van der Waals surface area contributed by atoms with Gasteiger partial charge in [0.15, 0.2) is 6.23 Å². The van der Waals surface area contributed by atoms with Gasteiger partial charge in [0, 0.05) is 17.7 Å². The molecule has 0 amide bonds. The van der Waals surface area contributed by atoms with E-state index in [4.69, 9.17) is 9.47 Å². The molecule has 0 N–H and O–H groups in total. The van der Waals surface area contributed by atoms with Gasteiger partial charge in [-0.25, -0.2) is 4.68 Å². The van der Waals surface area contributed by atoms with Gasteiger partial charge in [0.1, 0.15) is 12.4 Å². The van der Waals surface area contributed by atoms with Crippen LogP contribution >= 0.6 is 0 Å². The predicted octanol–water partition coefficient (Wildman–Crippen LogP) is 4.81. The molecule has 1 aliphatic heterocycles. The van der Waals surface area contributed by atoms with Crippen LogP contribution in [-0.4, -0.2) is 16.4 Å². The van der Waals surface area contributed by atoms with Crippen molar-refractivity contribution in [3.63, 3.8) is 0 Å². The Morgan fingerprint density at radius 2 is 1.93 bits per heavy atom. The molecule has 1 aromatic heterocycles. The fourth-order valence-corrected chi connectivity index (χ4v) is 3.72. The average molecular weight is 390 g/mol. The first-order chi connectivity index (χ1) is 14.1. The zero-order valence-electron chi connectivity index (χ0n) is 16.9. The third-order valence-corrected chi connectivity index (χ3v) is 5.41. The molecule has 150 valence electrons. The molecule has 5 heteroatoms. The summed E-state index contributed by atoms with van der Waals surface area (Å²) in [5, 5.41) is 4.43. The van der Waals surface area contributed by atoms with Crippen LogP contribution < -0.4 is 10.3 Å². The Labute approximate surface area is 170 Å². The number of aromatic nitrogens is 2. The number of nitrogens with zero attached hydrogens (tertiary/aromatic N) is 2. The standard InChI is InChI=1S/C24H26N2O3/c1-17-14-20(29-16-19-8-4-3-5-9-19)11-12-21(17)22-15-25-26(24(27)18(22)2)23-10-6-7-13-28-23/h3-5,8-9,11-12,14-15,23H,6-7,10,13,16H2,1-2H3. The number of aryl methyl sites for hydroxylation is 1. The van der Waals surface area contributed by atoms with Gasteiger partial charge < -0.3 is 9.47 Å². The van der Waals surface area contributed by atoms with Crippen molar-refractivity contribution < 1.29 is 9.47 Å². The molecule has 2 heterocycles. The second-order valence-electron chi connectivity index (χ2n) is 7.51. The highest BCUT2D eigenvalue weighted by Crippen LogP contribution is 2.29. The molecule has 1 atom stereocenters. The molecule has 1 fully saturated rings. The third-order valence-electron chi connectivity index (χ3n) is 5.41. The van der Waals surface area contributed by atoms with Crippen molar-refractivity contribution >= 4 is 0 Å². The quantitative estimate of drug-likeness (QED) is 0.628. The molecular formula is C24H26N2O3. The van der Waals surface area contributed by atoms with Crippen LogP contribution in [0.2, 0.25) is 0 Å². The lowest BCUT2D eigenvalue weighted by molar-refractivity contribution is -0.0425. The van der Waals surface area contributed by atoms with Crippen molar-refractivity contribution in [1.82, 2.24) is 9.78 Å². The molecule has 1 aliphatic rings. The molecule has 0 radical (unpaired) electrons. The average Bonchev–Trinajstić information content (AvgIpc) is 2.76. The van der Waals surface area contributed by atoms with E-state index in [1.165, 1.54) is 4.68 Å². The molecule has 0 bridgehead atoms. The fraction of sp³-hybridized carbons (Fsp3) is 0.333. The van der Waals surface area contributed by atoms with Crippen LogP contribution in [0.4, 0.5) is 0 Å². The number of hydrogen-bond acceptors (Lipinski definition) is 4. The molecule has 0 aliphatic carbocycles. The van der Waals surface area contributed by atoms with Gasteiger partial charge in [0.25, 0.3) is 5.56 Å². The molecule has 4 rings (SSSR count). The maximum absolute atomic E-state index is 12.9. The molecule has 0 saturated carbocycles. The van der Waals surface area contributed by atoms with E-state index in [1.807, 2.05) is 62.4 Å². The molecule has 5 nitrogen and oxygen atoms in total. The Kier molecular flexibility index (Phi) is 5.76. The van der Waals surface area contributed by atoms with Crippen LogP contribution in [0.25, 0.3) is 11.1 Å². The van der Waals surface area contributed by atoms with Gasteiger partial charge in [-0.3, -0.25) is 4.79 Å². The highest BCUT2D eigenvalue weighted by molar-refractivity contribution is 5.70. The van der Waals surface area contributed by atoms with E-state index in [0.29, 0.717) is 18.8 Å². The summed E-state index contributed by atoms with van der Waals surface area (Å²) in [5.74, 6) is 0.810. The van der Waals surface area contributed by atoms with Crippen molar-refractivity contribution in [3.8, 4) is 16.9 Å². The van der Waals surface area contributed by atoms with Crippen molar-refractivity contribution in [1.29, 1.82) is 0 Å². The molecule has 1 saturated heterocycles. The van der Waals surface area contributed by atoms with Crippen LogP contribution in [0, 0.1) is 13.8 Å². The van der Waals surface area contributed by atoms with Crippen molar-refractivity contribution in [2.24, 2.45) is 0 Å². The van der Waals surface area contributed by atoms with Crippen molar-refractivity contribution in [2.45, 2.75) is 45.9 Å². The zero-order chi connectivity index (χ0) is 20.2. The Hall–Kier alpha value is -2.92. The number of rotatable bonds is 5. The lowest BCUT2D eigenvalue weighted by Crippen LogP contribution is -2.32. The van der Waals surface area contributed by atoms with E-state index in [2.05, 4.69) is 5.10 Å². The SMILES string of the molecule is Cc1cc(OCc2ccccc2)ccc1-c1cnn(C2CCCCO2)c(=O)c1C. The summed E-state index contributed by atoms with van der Waals surface area (Å²) in [6, 6.07) is 16.0. The molecule has 0 spiro atoms. The summed E-state index contributed by atoms with van der Waals surface area (Å²) in [7, 11) is 0. The second kappa shape index (κ2) is 8.62. The monoisotopic (exact) mass is 390 g/mol. The van der Waals surface area contributed by atoms with Gasteiger partial charge in [-0.1, -0.05) is 36.4 Å². The first kappa shape index (κ1) is 19.4. The van der Waals surface area contributed by atoms with Crippen molar-refractivity contribution in [3.05, 3.63) is 81.8 Å². The summed E-state index contributed by atoms with van der Waals surface area (Å²) in [6.07, 6.45) is 4.46. The minimum atomic E-state index is -0.251. The Morgan fingerprint density at radius 3 is 2.66 bits per heavy atom. The van der Waals surface area contributed by atoms with Crippen LogP contribution in [0.5, 0.6) is 5.75 Å². The van der Waals surface area contributed by atoms with Gasteiger partial charge >= 0.3 is 0 Å². The molecule has 1 unspecified atom stereocenters. The predicted molar refractivity (Wildman–Crippen MR) is 113 cm³/mol. The summed E-state index contributed by atoms with van der Waals surface area (Å²) >= 11 is 0. The first-order valence-electron chi connectivity index (χ1n) is 10.1. The zero-order valence-corrected chi connectivity index (χ0v) is 16.9. The van der Waals surface area contributed by atoms with Crippen molar-refractivity contribution in [2.75, 3.05) is 6.61 Å². The van der Waals surface area contributed by atoms with E-state index in [-0.39, 0.29) is 11.8 Å². The highest BCUT2D eigenvalue weighted by atomic mass is 16.5. The van der Waals surface area contributed by atoms with Gasteiger partial charge in [-0.05, 0) is 61.9 Å². The Bertz CT molecular complexity index is 1040. The minimum Gasteiger partial charge on any atom is -0.489 e. The largest absolute Gasteiger partial charge is 0.489 e.